The maximum absolute atomic E-state index is 13.0. The molecular weight excluding hydrogens is 337 g/mol. The van der Waals surface area contributed by atoms with Crippen LogP contribution in [0.15, 0.2) is 22.6 Å². The van der Waals surface area contributed by atoms with Gasteiger partial charge in [0.05, 0.1) is 24.2 Å². The third kappa shape index (κ3) is 4.23. The van der Waals surface area contributed by atoms with E-state index in [0.29, 0.717) is 37.1 Å². The molecule has 8 heteroatoms. The fourth-order valence-corrected chi connectivity index (χ4v) is 2.86. The van der Waals surface area contributed by atoms with E-state index in [1.54, 1.807) is 0 Å². The third-order valence-electron chi connectivity index (χ3n) is 3.67. The molecule has 2 atom stereocenters. The van der Waals surface area contributed by atoms with E-state index in [1.165, 1.54) is 18.2 Å². The molecule has 0 saturated carbocycles. The second-order valence-electron chi connectivity index (χ2n) is 5.86. The number of hydrogen-bond donors (Lipinski definition) is 0. The molecular formula is C16H19ClFN3O3. The van der Waals surface area contributed by atoms with Crippen molar-refractivity contribution in [2.24, 2.45) is 0 Å². The second-order valence-corrected chi connectivity index (χ2v) is 6.27. The second kappa shape index (κ2) is 7.46. The topological polar surface area (TPSA) is 60.6 Å². The first-order chi connectivity index (χ1) is 11.5. The van der Waals surface area contributed by atoms with Gasteiger partial charge in [-0.25, -0.2) is 4.39 Å². The first-order valence-electron chi connectivity index (χ1n) is 7.75. The molecule has 6 nitrogen and oxygen atoms in total. The Morgan fingerprint density at radius 2 is 2.21 bits per heavy atom. The number of nitrogens with zero attached hydrogens (tertiary/aromatic N) is 3. The molecule has 0 spiro atoms. The van der Waals surface area contributed by atoms with Crippen molar-refractivity contribution in [2.75, 3.05) is 26.7 Å². The minimum Gasteiger partial charge on any atom is -0.491 e. The molecule has 2 heterocycles. The van der Waals surface area contributed by atoms with Crippen molar-refractivity contribution in [1.29, 1.82) is 0 Å². The van der Waals surface area contributed by atoms with Gasteiger partial charge in [-0.2, -0.15) is 0 Å². The molecule has 0 radical (unpaired) electrons. The molecule has 1 saturated heterocycles. The van der Waals surface area contributed by atoms with Crippen LogP contribution in [-0.2, 0) is 11.2 Å². The summed E-state index contributed by atoms with van der Waals surface area (Å²) in [6.45, 7) is 3.91. The van der Waals surface area contributed by atoms with Gasteiger partial charge >= 0.3 is 0 Å². The van der Waals surface area contributed by atoms with Crippen LogP contribution in [0.5, 0.6) is 5.75 Å². The zero-order chi connectivity index (χ0) is 17.1. The Balaban J connectivity index is 1.54. The summed E-state index contributed by atoms with van der Waals surface area (Å²) in [6, 6.07) is 3.99. The van der Waals surface area contributed by atoms with Gasteiger partial charge < -0.3 is 18.8 Å². The van der Waals surface area contributed by atoms with Gasteiger partial charge in [-0.1, -0.05) is 11.6 Å². The summed E-state index contributed by atoms with van der Waals surface area (Å²) < 4.78 is 30.0. The molecule has 0 aliphatic carbocycles. The van der Waals surface area contributed by atoms with Gasteiger partial charge in [-0.15, -0.1) is 10.2 Å². The Bertz CT molecular complexity index is 687. The van der Waals surface area contributed by atoms with E-state index >= 15 is 0 Å². The minimum absolute atomic E-state index is 0.119. The Kier molecular flexibility index (Phi) is 5.33. The maximum Gasteiger partial charge on any atom is 0.246 e. The molecule has 24 heavy (non-hydrogen) atoms. The Labute approximate surface area is 144 Å². The molecule has 1 aliphatic heterocycles. The molecule has 0 N–H and O–H groups in total. The summed E-state index contributed by atoms with van der Waals surface area (Å²) >= 11 is 5.91. The maximum atomic E-state index is 13.0. The van der Waals surface area contributed by atoms with Crippen molar-refractivity contribution in [3.63, 3.8) is 0 Å². The van der Waals surface area contributed by atoms with Gasteiger partial charge in [0.2, 0.25) is 11.8 Å². The van der Waals surface area contributed by atoms with Gasteiger partial charge in [-0.3, -0.25) is 0 Å². The number of hydrogen-bond acceptors (Lipinski definition) is 6. The molecule has 130 valence electrons. The Morgan fingerprint density at radius 3 is 2.96 bits per heavy atom. The molecule has 1 aromatic heterocycles. The molecule has 1 aromatic carbocycles. The predicted molar refractivity (Wildman–Crippen MR) is 85.7 cm³/mol. The lowest BCUT2D eigenvalue weighted by atomic mass is 10.2. The average molecular weight is 356 g/mol. The van der Waals surface area contributed by atoms with Crippen molar-refractivity contribution in [2.45, 2.75) is 25.6 Å². The number of likely N-dealkylation sites (N-methyl/N-ethyl adjacent to an activating group) is 1. The van der Waals surface area contributed by atoms with Crippen molar-refractivity contribution >= 4 is 11.6 Å². The van der Waals surface area contributed by atoms with E-state index in [9.17, 15) is 4.39 Å². The molecule has 0 bridgehead atoms. The van der Waals surface area contributed by atoms with Crippen molar-refractivity contribution < 1.29 is 18.3 Å². The molecule has 3 rings (SSSR count). The van der Waals surface area contributed by atoms with Crippen molar-refractivity contribution in [3.8, 4) is 5.75 Å². The number of morpholine rings is 1. The lowest BCUT2D eigenvalue weighted by Crippen LogP contribution is -2.40. The number of rotatable bonds is 5. The zero-order valence-electron chi connectivity index (χ0n) is 13.5. The molecule has 2 aromatic rings. The fourth-order valence-electron chi connectivity index (χ4n) is 2.64. The lowest BCUT2D eigenvalue weighted by molar-refractivity contribution is -0.0826. The highest BCUT2D eigenvalue weighted by Gasteiger charge is 2.28. The number of benzene rings is 1. The van der Waals surface area contributed by atoms with E-state index in [1.807, 2.05) is 14.0 Å². The smallest absolute Gasteiger partial charge is 0.246 e. The first kappa shape index (κ1) is 17.1. The van der Waals surface area contributed by atoms with Gasteiger partial charge in [-0.05, 0) is 32.2 Å². The monoisotopic (exact) mass is 355 g/mol. The van der Waals surface area contributed by atoms with Crippen LogP contribution in [0.4, 0.5) is 4.39 Å². The summed E-state index contributed by atoms with van der Waals surface area (Å²) in [5.74, 6) is 0.959. The van der Waals surface area contributed by atoms with Crippen LogP contribution < -0.4 is 4.74 Å². The van der Waals surface area contributed by atoms with Crippen LogP contribution in [0.3, 0.4) is 0 Å². The van der Waals surface area contributed by atoms with E-state index in [4.69, 9.17) is 25.5 Å². The predicted octanol–water partition coefficient (Wildman–Crippen LogP) is 2.88. The van der Waals surface area contributed by atoms with E-state index in [-0.39, 0.29) is 17.2 Å². The number of ether oxygens (including phenoxy) is 2. The number of aromatic nitrogens is 2. The normalized spacial score (nSPS) is 21.8. The van der Waals surface area contributed by atoms with Crippen LogP contribution in [-0.4, -0.2) is 47.9 Å². The zero-order valence-corrected chi connectivity index (χ0v) is 14.3. The quantitative estimate of drug-likeness (QED) is 0.822. The van der Waals surface area contributed by atoms with Gasteiger partial charge in [0, 0.05) is 13.1 Å². The van der Waals surface area contributed by atoms with Gasteiger partial charge in [0.1, 0.15) is 17.7 Å². The molecule has 0 unspecified atom stereocenters. The van der Waals surface area contributed by atoms with Crippen molar-refractivity contribution in [3.05, 3.63) is 40.8 Å². The van der Waals surface area contributed by atoms with Crippen LogP contribution in [0.25, 0.3) is 0 Å². The standard InChI is InChI=1S/C16H19ClFN3O3/c1-10-8-21(2)9-14(23-10)16-20-19-15(24-16)5-6-22-13-4-3-11(18)7-12(13)17/h3-4,7,10,14H,5-6,8-9H2,1-2H3/t10-,14-/m1/s1. The summed E-state index contributed by atoms with van der Waals surface area (Å²) in [4.78, 5) is 2.17. The highest BCUT2D eigenvalue weighted by molar-refractivity contribution is 6.32. The Morgan fingerprint density at radius 1 is 1.38 bits per heavy atom. The largest absolute Gasteiger partial charge is 0.491 e. The van der Waals surface area contributed by atoms with Crippen LogP contribution in [0.2, 0.25) is 5.02 Å². The highest BCUT2D eigenvalue weighted by atomic mass is 35.5. The van der Waals surface area contributed by atoms with Crippen LogP contribution >= 0.6 is 11.6 Å². The summed E-state index contributed by atoms with van der Waals surface area (Å²) in [6.07, 6.45) is 0.333. The number of halogens is 2. The van der Waals surface area contributed by atoms with E-state index < -0.39 is 5.82 Å². The lowest BCUT2D eigenvalue weighted by Gasteiger charge is -2.32. The average Bonchev–Trinajstić information content (AvgIpc) is 2.97. The summed E-state index contributed by atoms with van der Waals surface area (Å²) in [5, 5.41) is 8.32. The van der Waals surface area contributed by atoms with Crippen LogP contribution in [0, 0.1) is 5.82 Å². The van der Waals surface area contributed by atoms with E-state index in [0.717, 1.165) is 6.54 Å². The first-order valence-corrected chi connectivity index (χ1v) is 8.13. The van der Waals surface area contributed by atoms with Gasteiger partial charge in [0.25, 0.3) is 0 Å². The molecule has 1 fully saturated rings. The SMILES string of the molecule is C[C@@H]1CN(C)C[C@H](c2nnc(CCOc3ccc(F)cc3Cl)o2)O1. The van der Waals surface area contributed by atoms with Gasteiger partial charge in [0.15, 0.2) is 0 Å². The van der Waals surface area contributed by atoms with Crippen LogP contribution in [0.1, 0.15) is 24.8 Å². The van der Waals surface area contributed by atoms with E-state index in [2.05, 4.69) is 15.1 Å². The highest BCUT2D eigenvalue weighted by Crippen LogP contribution is 2.26. The summed E-state index contributed by atoms with van der Waals surface area (Å²) in [7, 11) is 2.03. The Hall–Kier alpha value is -1.70. The molecule has 1 aliphatic rings. The summed E-state index contributed by atoms with van der Waals surface area (Å²) in [5.41, 5.74) is 0. The fraction of sp³-hybridized carbons (Fsp3) is 0.500. The minimum atomic E-state index is -0.402. The third-order valence-corrected chi connectivity index (χ3v) is 3.96. The molecule has 0 amide bonds. The van der Waals surface area contributed by atoms with Crippen molar-refractivity contribution in [1.82, 2.24) is 15.1 Å².